The van der Waals surface area contributed by atoms with Crippen LogP contribution in [0.15, 0.2) is 24.0 Å². The van der Waals surface area contributed by atoms with Crippen molar-refractivity contribution in [1.29, 1.82) is 0 Å². The van der Waals surface area contributed by atoms with Crippen LogP contribution in [0.1, 0.15) is 51.4 Å². The van der Waals surface area contributed by atoms with Gasteiger partial charge in [0.1, 0.15) is 5.60 Å². The van der Waals surface area contributed by atoms with Crippen molar-refractivity contribution in [3.8, 4) is 0 Å². The molecule has 6 bridgehead atoms. The van der Waals surface area contributed by atoms with Crippen LogP contribution in [0, 0.1) is 29.6 Å². The van der Waals surface area contributed by atoms with Gasteiger partial charge in [-0.3, -0.25) is 0 Å². The van der Waals surface area contributed by atoms with E-state index in [9.17, 15) is 0 Å². The molecule has 1 nitrogen and oxygen atoms in total. The van der Waals surface area contributed by atoms with E-state index in [1.165, 1.54) is 51.4 Å². The molecule has 6 rings (SSSR count). The Balaban J connectivity index is 1.36. The van der Waals surface area contributed by atoms with Crippen LogP contribution in [0.3, 0.4) is 0 Å². The Morgan fingerprint density at radius 2 is 1.63 bits per heavy atom. The predicted molar refractivity (Wildman–Crippen MR) is 75.4 cm³/mol. The molecule has 6 aliphatic carbocycles. The van der Waals surface area contributed by atoms with Crippen LogP contribution in [0.2, 0.25) is 0 Å². The van der Waals surface area contributed by atoms with Crippen molar-refractivity contribution in [2.45, 2.75) is 57.0 Å². The molecule has 2 unspecified atom stereocenters. The molecular formula is C18H24O. The van der Waals surface area contributed by atoms with Crippen LogP contribution in [0.4, 0.5) is 0 Å². The Labute approximate surface area is 116 Å². The molecule has 0 aromatic carbocycles. The van der Waals surface area contributed by atoms with Crippen molar-refractivity contribution >= 4 is 0 Å². The molecule has 2 atom stereocenters. The van der Waals surface area contributed by atoms with Crippen LogP contribution in [-0.4, -0.2) is 5.60 Å². The number of hydrogen-bond donors (Lipinski definition) is 0. The molecule has 6 aliphatic rings. The third-order valence-electron chi connectivity index (χ3n) is 6.59. The summed E-state index contributed by atoms with van der Waals surface area (Å²) in [5.41, 5.74) is 1.84. The van der Waals surface area contributed by atoms with E-state index < -0.39 is 0 Å². The Bertz CT molecular complexity index is 423. The van der Waals surface area contributed by atoms with Gasteiger partial charge < -0.3 is 4.74 Å². The maximum atomic E-state index is 6.48. The van der Waals surface area contributed by atoms with Gasteiger partial charge in [-0.15, -0.1) is 0 Å². The number of fused-ring (bicyclic) bond motifs is 2. The van der Waals surface area contributed by atoms with Gasteiger partial charge in [0.05, 0.1) is 6.26 Å². The Hall–Kier alpha value is -0.720. The minimum atomic E-state index is 0.257. The van der Waals surface area contributed by atoms with Gasteiger partial charge in [0.25, 0.3) is 0 Å². The third kappa shape index (κ3) is 1.66. The second-order valence-corrected chi connectivity index (χ2v) is 8.10. The van der Waals surface area contributed by atoms with Gasteiger partial charge in [0.2, 0.25) is 0 Å². The SMILES string of the molecule is C1=CC2CC1C/C2=C/OC12CC3CC(CC(C3)C1)C2. The normalized spacial score (nSPS) is 55.4. The molecule has 19 heavy (non-hydrogen) atoms. The molecule has 0 aromatic rings. The summed E-state index contributed by atoms with van der Waals surface area (Å²) in [5.74, 6) is 4.52. The Kier molecular flexibility index (Phi) is 2.13. The zero-order chi connectivity index (χ0) is 12.4. The summed E-state index contributed by atoms with van der Waals surface area (Å²) in [5, 5.41) is 0. The van der Waals surface area contributed by atoms with Crippen molar-refractivity contribution in [2.24, 2.45) is 29.6 Å². The first-order chi connectivity index (χ1) is 9.28. The number of hydrogen-bond acceptors (Lipinski definition) is 1. The highest BCUT2D eigenvalue weighted by molar-refractivity contribution is 5.26. The molecule has 5 fully saturated rings. The van der Waals surface area contributed by atoms with Crippen LogP contribution in [0.25, 0.3) is 0 Å². The topological polar surface area (TPSA) is 9.23 Å². The summed E-state index contributed by atoms with van der Waals surface area (Å²) in [6.07, 6.45) is 18.2. The smallest absolute Gasteiger partial charge is 0.109 e. The number of allylic oxidation sites excluding steroid dienone is 3. The maximum absolute atomic E-state index is 6.48. The largest absolute Gasteiger partial charge is 0.495 e. The standard InChI is InChI=1S/C18H24O/c1-2-16-6-12(1)7-17(16)11-19-18-8-13-3-14(9-18)5-15(4-13)10-18/h1-2,11-16H,3-10H2/b17-11-. The number of ether oxygens (including phenoxy) is 1. The first kappa shape index (κ1) is 11.0. The zero-order valence-electron chi connectivity index (χ0n) is 11.7. The summed E-state index contributed by atoms with van der Waals surface area (Å²) < 4.78 is 6.48. The minimum absolute atomic E-state index is 0.257. The van der Waals surface area contributed by atoms with Crippen LogP contribution in [0.5, 0.6) is 0 Å². The van der Waals surface area contributed by atoms with Gasteiger partial charge in [0, 0.05) is 5.92 Å². The molecule has 0 spiro atoms. The molecular weight excluding hydrogens is 232 g/mol. The van der Waals surface area contributed by atoms with Gasteiger partial charge in [0.15, 0.2) is 0 Å². The molecule has 0 saturated heterocycles. The molecule has 0 N–H and O–H groups in total. The lowest BCUT2D eigenvalue weighted by molar-refractivity contribution is -0.130. The Morgan fingerprint density at radius 1 is 0.947 bits per heavy atom. The lowest BCUT2D eigenvalue weighted by atomic mass is 9.54. The summed E-state index contributed by atoms with van der Waals surface area (Å²) in [4.78, 5) is 0. The first-order valence-electron chi connectivity index (χ1n) is 8.33. The predicted octanol–water partition coefficient (Wildman–Crippen LogP) is 4.45. The molecule has 5 saturated carbocycles. The fraction of sp³-hybridized carbons (Fsp3) is 0.778. The minimum Gasteiger partial charge on any atom is -0.495 e. The van der Waals surface area contributed by atoms with Gasteiger partial charge in [-0.1, -0.05) is 12.2 Å². The molecule has 0 aromatic heterocycles. The number of rotatable bonds is 2. The van der Waals surface area contributed by atoms with E-state index in [-0.39, 0.29) is 5.60 Å². The first-order valence-corrected chi connectivity index (χ1v) is 8.33. The second-order valence-electron chi connectivity index (χ2n) is 8.10. The average Bonchev–Trinajstić information content (AvgIpc) is 2.97. The van der Waals surface area contributed by atoms with E-state index in [1.54, 1.807) is 5.57 Å². The van der Waals surface area contributed by atoms with Gasteiger partial charge in [-0.2, -0.15) is 0 Å². The zero-order valence-corrected chi connectivity index (χ0v) is 11.7. The summed E-state index contributed by atoms with van der Waals surface area (Å²) in [6.45, 7) is 0. The Morgan fingerprint density at radius 3 is 2.16 bits per heavy atom. The van der Waals surface area contributed by atoms with Crippen molar-refractivity contribution in [1.82, 2.24) is 0 Å². The molecule has 0 aliphatic heterocycles. The second kappa shape index (κ2) is 3.68. The molecule has 102 valence electrons. The highest BCUT2D eigenvalue weighted by atomic mass is 16.5. The van der Waals surface area contributed by atoms with Crippen molar-refractivity contribution in [3.63, 3.8) is 0 Å². The third-order valence-corrected chi connectivity index (χ3v) is 6.59. The lowest BCUT2D eigenvalue weighted by Gasteiger charge is -2.55. The fourth-order valence-corrected chi connectivity index (χ4v) is 6.17. The quantitative estimate of drug-likeness (QED) is 0.524. The highest BCUT2D eigenvalue weighted by Gasteiger charge is 2.52. The van der Waals surface area contributed by atoms with Gasteiger partial charge in [-0.05, 0) is 80.6 Å². The maximum Gasteiger partial charge on any atom is 0.109 e. The van der Waals surface area contributed by atoms with E-state index in [4.69, 9.17) is 4.74 Å². The van der Waals surface area contributed by atoms with Crippen LogP contribution in [-0.2, 0) is 4.74 Å². The molecule has 0 amide bonds. The average molecular weight is 256 g/mol. The highest BCUT2D eigenvalue weighted by Crippen LogP contribution is 2.57. The van der Waals surface area contributed by atoms with Crippen LogP contribution >= 0.6 is 0 Å². The van der Waals surface area contributed by atoms with E-state index in [0.29, 0.717) is 0 Å². The van der Waals surface area contributed by atoms with E-state index >= 15 is 0 Å². The molecule has 1 heteroatoms. The summed E-state index contributed by atoms with van der Waals surface area (Å²) >= 11 is 0. The lowest BCUT2D eigenvalue weighted by Crippen LogP contribution is -2.51. The van der Waals surface area contributed by atoms with Crippen molar-refractivity contribution in [2.75, 3.05) is 0 Å². The van der Waals surface area contributed by atoms with Gasteiger partial charge in [-0.25, -0.2) is 0 Å². The molecule has 0 radical (unpaired) electrons. The molecule has 0 heterocycles. The van der Waals surface area contributed by atoms with E-state index in [0.717, 1.165) is 29.6 Å². The van der Waals surface area contributed by atoms with Crippen molar-refractivity contribution in [3.05, 3.63) is 24.0 Å². The van der Waals surface area contributed by atoms with Gasteiger partial charge >= 0.3 is 0 Å². The van der Waals surface area contributed by atoms with E-state index in [1.807, 2.05) is 0 Å². The summed E-state index contributed by atoms with van der Waals surface area (Å²) in [7, 11) is 0. The summed E-state index contributed by atoms with van der Waals surface area (Å²) in [6, 6.07) is 0. The van der Waals surface area contributed by atoms with Crippen LogP contribution < -0.4 is 0 Å². The van der Waals surface area contributed by atoms with Crippen molar-refractivity contribution < 1.29 is 4.74 Å². The van der Waals surface area contributed by atoms with E-state index in [2.05, 4.69) is 18.4 Å². The fourth-order valence-electron chi connectivity index (χ4n) is 6.17. The monoisotopic (exact) mass is 256 g/mol.